The first kappa shape index (κ1) is 20.1. The second-order valence-corrected chi connectivity index (χ2v) is 5.71. The summed E-state index contributed by atoms with van der Waals surface area (Å²) in [4.78, 5) is 16.8. The van der Waals surface area contributed by atoms with Crippen LogP contribution in [0.15, 0.2) is 48.5 Å². The van der Waals surface area contributed by atoms with Crippen LogP contribution < -0.4 is 10.6 Å². The van der Waals surface area contributed by atoms with Crippen LogP contribution in [0.5, 0.6) is 0 Å². The van der Waals surface area contributed by atoms with Crippen molar-refractivity contribution in [2.24, 2.45) is 0 Å². The summed E-state index contributed by atoms with van der Waals surface area (Å²) < 4.78 is 0. The molecular weight excluding hydrogens is 345 g/mol. The maximum Gasteiger partial charge on any atom is 0.256 e. The number of nitrogens with two attached hydrogens (primary N) is 1. The van der Waals surface area contributed by atoms with Gasteiger partial charge in [0.1, 0.15) is 0 Å². The maximum atomic E-state index is 12.5. The van der Waals surface area contributed by atoms with E-state index < -0.39 is 0 Å². The number of hydrogen-bond donors (Lipinski definition) is 1. The summed E-state index contributed by atoms with van der Waals surface area (Å²) in [6.07, 6.45) is 0. The SMILES string of the molecule is Cc1cccc(N2CCN(C(=O)c3ccccc3N)CC2)c1.Cl.Cl. The number of carbonyl (C=O) groups excluding carboxylic acids is 1. The zero-order valence-electron chi connectivity index (χ0n) is 13.6. The quantitative estimate of drug-likeness (QED) is 0.827. The van der Waals surface area contributed by atoms with Gasteiger partial charge in [0.2, 0.25) is 0 Å². The minimum atomic E-state index is 0. The van der Waals surface area contributed by atoms with E-state index in [-0.39, 0.29) is 30.7 Å². The molecule has 2 N–H and O–H groups in total. The molecule has 0 radical (unpaired) electrons. The Morgan fingerprint density at radius 3 is 2.25 bits per heavy atom. The van der Waals surface area contributed by atoms with Crippen LogP contribution in [0.4, 0.5) is 11.4 Å². The number of anilines is 2. The van der Waals surface area contributed by atoms with Crippen molar-refractivity contribution in [1.82, 2.24) is 4.90 Å². The number of carbonyl (C=O) groups is 1. The van der Waals surface area contributed by atoms with Gasteiger partial charge in [-0.1, -0.05) is 24.3 Å². The maximum absolute atomic E-state index is 12.5. The number of nitrogen functional groups attached to an aromatic ring is 1. The summed E-state index contributed by atoms with van der Waals surface area (Å²) in [6, 6.07) is 15.8. The molecule has 130 valence electrons. The fraction of sp³-hybridized carbons (Fsp3) is 0.278. The Morgan fingerprint density at radius 1 is 0.958 bits per heavy atom. The van der Waals surface area contributed by atoms with E-state index in [4.69, 9.17) is 5.73 Å². The van der Waals surface area contributed by atoms with Crippen LogP contribution in [0.3, 0.4) is 0 Å². The van der Waals surface area contributed by atoms with Crippen LogP contribution in [0.25, 0.3) is 0 Å². The summed E-state index contributed by atoms with van der Waals surface area (Å²) in [5.74, 6) is 0.0296. The first-order valence-corrected chi connectivity index (χ1v) is 7.60. The number of nitrogens with zero attached hydrogens (tertiary/aromatic N) is 2. The van der Waals surface area contributed by atoms with Gasteiger partial charge in [-0.05, 0) is 36.8 Å². The third kappa shape index (κ3) is 4.34. The molecular formula is C18H23Cl2N3O. The lowest BCUT2D eigenvalue weighted by Gasteiger charge is -2.36. The lowest BCUT2D eigenvalue weighted by molar-refractivity contribution is 0.0748. The van der Waals surface area contributed by atoms with Crippen LogP contribution in [-0.2, 0) is 0 Å². The molecule has 0 aromatic heterocycles. The number of aryl methyl sites for hydroxylation is 1. The smallest absolute Gasteiger partial charge is 0.256 e. The highest BCUT2D eigenvalue weighted by atomic mass is 35.5. The standard InChI is InChI=1S/C18H21N3O.2ClH/c1-14-5-4-6-15(13-14)20-9-11-21(12-10-20)18(22)16-7-2-3-8-17(16)19;;/h2-8,13H,9-12,19H2,1H3;2*1H. The Hall–Kier alpha value is -1.91. The average molecular weight is 368 g/mol. The molecule has 1 aliphatic rings. The first-order valence-electron chi connectivity index (χ1n) is 7.60. The highest BCUT2D eigenvalue weighted by molar-refractivity contribution is 5.99. The van der Waals surface area contributed by atoms with Gasteiger partial charge in [0.05, 0.1) is 5.56 Å². The van der Waals surface area contributed by atoms with Gasteiger partial charge in [-0.15, -0.1) is 24.8 Å². The van der Waals surface area contributed by atoms with Crippen molar-refractivity contribution in [2.75, 3.05) is 36.8 Å². The van der Waals surface area contributed by atoms with Crippen LogP contribution >= 0.6 is 24.8 Å². The van der Waals surface area contributed by atoms with E-state index >= 15 is 0 Å². The second kappa shape index (κ2) is 8.81. The van der Waals surface area contributed by atoms with Crippen molar-refractivity contribution in [3.63, 3.8) is 0 Å². The lowest BCUT2D eigenvalue weighted by Crippen LogP contribution is -2.48. The largest absolute Gasteiger partial charge is 0.398 e. The molecule has 4 nitrogen and oxygen atoms in total. The Labute approximate surface area is 155 Å². The third-order valence-electron chi connectivity index (χ3n) is 4.12. The molecule has 2 aromatic rings. The van der Waals surface area contributed by atoms with Crippen molar-refractivity contribution in [2.45, 2.75) is 6.92 Å². The van der Waals surface area contributed by atoms with Crippen LogP contribution in [0, 0.1) is 6.92 Å². The van der Waals surface area contributed by atoms with Crippen molar-refractivity contribution < 1.29 is 4.79 Å². The van der Waals surface area contributed by atoms with Crippen molar-refractivity contribution in [3.05, 3.63) is 59.7 Å². The Balaban J connectivity index is 0.00000144. The molecule has 1 aliphatic heterocycles. The van der Waals surface area contributed by atoms with Gasteiger partial charge < -0.3 is 15.5 Å². The van der Waals surface area contributed by atoms with Gasteiger partial charge in [0.15, 0.2) is 0 Å². The zero-order chi connectivity index (χ0) is 15.5. The fourth-order valence-electron chi connectivity index (χ4n) is 2.85. The predicted molar refractivity (Wildman–Crippen MR) is 105 cm³/mol. The summed E-state index contributed by atoms with van der Waals surface area (Å²) in [6.45, 7) is 5.24. The van der Waals surface area contributed by atoms with Gasteiger partial charge in [-0.25, -0.2) is 0 Å². The van der Waals surface area contributed by atoms with Crippen LogP contribution in [0.2, 0.25) is 0 Å². The van der Waals surface area contributed by atoms with Crippen molar-refractivity contribution in [3.8, 4) is 0 Å². The normalized spacial score (nSPS) is 13.7. The number of halogens is 2. The topological polar surface area (TPSA) is 49.6 Å². The fourth-order valence-corrected chi connectivity index (χ4v) is 2.85. The molecule has 1 heterocycles. The van der Waals surface area contributed by atoms with E-state index in [1.54, 1.807) is 12.1 Å². The molecule has 0 saturated carbocycles. The molecule has 0 unspecified atom stereocenters. The molecule has 6 heteroatoms. The zero-order valence-corrected chi connectivity index (χ0v) is 15.3. The number of piperazine rings is 1. The van der Waals surface area contributed by atoms with E-state index in [1.165, 1.54) is 11.3 Å². The Morgan fingerprint density at radius 2 is 1.62 bits per heavy atom. The average Bonchev–Trinajstić information content (AvgIpc) is 2.55. The van der Waals surface area contributed by atoms with Gasteiger partial charge in [-0.3, -0.25) is 4.79 Å². The summed E-state index contributed by atoms with van der Waals surface area (Å²) in [7, 11) is 0. The Bertz CT molecular complexity index is 685. The molecule has 0 atom stereocenters. The van der Waals surface area contributed by atoms with Gasteiger partial charge in [-0.2, -0.15) is 0 Å². The van der Waals surface area contributed by atoms with E-state index in [1.807, 2.05) is 17.0 Å². The molecule has 2 aromatic carbocycles. The molecule has 1 amide bonds. The summed E-state index contributed by atoms with van der Waals surface area (Å²) in [5, 5.41) is 0. The minimum absolute atomic E-state index is 0. The number of benzene rings is 2. The molecule has 1 fully saturated rings. The molecule has 0 spiro atoms. The second-order valence-electron chi connectivity index (χ2n) is 5.71. The minimum Gasteiger partial charge on any atom is -0.398 e. The number of rotatable bonds is 2. The summed E-state index contributed by atoms with van der Waals surface area (Å²) in [5.41, 5.74) is 9.54. The van der Waals surface area contributed by atoms with Gasteiger partial charge in [0.25, 0.3) is 5.91 Å². The van der Waals surface area contributed by atoms with Crippen molar-refractivity contribution in [1.29, 1.82) is 0 Å². The molecule has 3 rings (SSSR count). The molecule has 24 heavy (non-hydrogen) atoms. The van der Waals surface area contributed by atoms with E-state index in [9.17, 15) is 4.79 Å². The van der Waals surface area contributed by atoms with Gasteiger partial charge in [0, 0.05) is 37.6 Å². The highest BCUT2D eigenvalue weighted by Gasteiger charge is 2.23. The monoisotopic (exact) mass is 367 g/mol. The summed E-state index contributed by atoms with van der Waals surface area (Å²) >= 11 is 0. The number of hydrogen-bond acceptors (Lipinski definition) is 3. The van der Waals surface area contributed by atoms with Gasteiger partial charge >= 0.3 is 0 Å². The third-order valence-corrected chi connectivity index (χ3v) is 4.12. The Kier molecular flexibility index (Phi) is 7.39. The number of para-hydroxylation sites is 1. The van der Waals surface area contributed by atoms with Crippen LogP contribution in [0.1, 0.15) is 15.9 Å². The first-order chi connectivity index (χ1) is 10.6. The molecule has 0 aliphatic carbocycles. The van der Waals surface area contributed by atoms with Crippen molar-refractivity contribution >= 4 is 42.1 Å². The molecule has 1 saturated heterocycles. The van der Waals surface area contributed by atoms with E-state index in [0.29, 0.717) is 11.3 Å². The highest BCUT2D eigenvalue weighted by Crippen LogP contribution is 2.20. The van der Waals surface area contributed by atoms with E-state index in [2.05, 4.69) is 36.1 Å². The lowest BCUT2D eigenvalue weighted by atomic mass is 10.1. The number of amides is 1. The predicted octanol–water partition coefficient (Wildman–Crippen LogP) is 3.38. The van der Waals surface area contributed by atoms with Crippen LogP contribution in [-0.4, -0.2) is 37.0 Å². The van der Waals surface area contributed by atoms with E-state index in [0.717, 1.165) is 26.2 Å². The molecule has 0 bridgehead atoms.